The number of carbonyl (C=O) groups is 1. The fourth-order valence-corrected chi connectivity index (χ4v) is 2.72. The summed E-state index contributed by atoms with van der Waals surface area (Å²) < 4.78 is 0. The van der Waals surface area contributed by atoms with E-state index in [2.05, 4.69) is 9.97 Å². The standard InChI is InChI=1S/C19H17ClN2O2.C2H6/c1-19(2,24)18-8-13(11-23)7-16(22-18)6-12-3-4-17-14(5-12)9-15(20)10-21-17;1-2/h3-5,7-11,24H,6H2,1-2H3;1-2H3. The zero-order valence-electron chi connectivity index (χ0n) is 15.5. The van der Waals surface area contributed by atoms with Crippen LogP contribution in [-0.4, -0.2) is 21.4 Å². The summed E-state index contributed by atoms with van der Waals surface area (Å²) in [7, 11) is 0. The van der Waals surface area contributed by atoms with Gasteiger partial charge >= 0.3 is 0 Å². The third-order valence-corrected chi connectivity index (χ3v) is 3.97. The zero-order valence-corrected chi connectivity index (χ0v) is 16.2. The molecule has 3 aromatic rings. The smallest absolute Gasteiger partial charge is 0.150 e. The maximum atomic E-state index is 11.2. The Hall–Kier alpha value is -2.30. The minimum absolute atomic E-state index is 0.479. The van der Waals surface area contributed by atoms with Gasteiger partial charge in [0.1, 0.15) is 11.9 Å². The van der Waals surface area contributed by atoms with Crippen molar-refractivity contribution < 1.29 is 9.90 Å². The molecular weight excluding hydrogens is 348 g/mol. The molecule has 0 amide bonds. The Morgan fingerprint density at radius 3 is 2.54 bits per heavy atom. The molecule has 136 valence electrons. The first-order valence-electron chi connectivity index (χ1n) is 8.58. The molecule has 0 spiro atoms. The molecule has 0 aliphatic rings. The van der Waals surface area contributed by atoms with Crippen molar-refractivity contribution in [3.63, 3.8) is 0 Å². The number of halogens is 1. The van der Waals surface area contributed by atoms with Crippen LogP contribution in [0.4, 0.5) is 0 Å². The van der Waals surface area contributed by atoms with Crippen molar-refractivity contribution in [2.24, 2.45) is 0 Å². The Labute approximate surface area is 158 Å². The molecule has 0 atom stereocenters. The summed E-state index contributed by atoms with van der Waals surface area (Å²) in [6.45, 7) is 7.30. The Kier molecular flexibility index (Phi) is 6.46. The van der Waals surface area contributed by atoms with Crippen molar-refractivity contribution in [1.29, 1.82) is 0 Å². The maximum absolute atomic E-state index is 11.2. The van der Waals surface area contributed by atoms with Gasteiger partial charge in [0.2, 0.25) is 0 Å². The van der Waals surface area contributed by atoms with Crippen LogP contribution in [0.3, 0.4) is 0 Å². The second-order valence-corrected chi connectivity index (χ2v) is 6.75. The fourth-order valence-electron chi connectivity index (χ4n) is 2.56. The first kappa shape index (κ1) is 20.0. The van der Waals surface area contributed by atoms with Crippen molar-refractivity contribution in [2.45, 2.75) is 39.7 Å². The predicted octanol–water partition coefficient (Wildman–Crippen LogP) is 4.94. The zero-order chi connectivity index (χ0) is 19.3. The summed E-state index contributed by atoms with van der Waals surface area (Å²) in [6, 6.07) is 11.1. The quantitative estimate of drug-likeness (QED) is 0.660. The third kappa shape index (κ3) is 4.87. The van der Waals surface area contributed by atoms with Crippen LogP contribution in [0.25, 0.3) is 10.9 Å². The van der Waals surface area contributed by atoms with Gasteiger partial charge in [-0.25, -0.2) is 0 Å². The molecule has 2 heterocycles. The Morgan fingerprint density at radius 1 is 1.15 bits per heavy atom. The van der Waals surface area contributed by atoms with Gasteiger partial charge in [0.15, 0.2) is 0 Å². The molecule has 0 saturated carbocycles. The molecule has 5 heteroatoms. The second kappa shape index (κ2) is 8.39. The molecule has 4 nitrogen and oxygen atoms in total. The Bertz CT molecular complexity index is 918. The van der Waals surface area contributed by atoms with E-state index >= 15 is 0 Å². The number of pyridine rings is 2. The first-order chi connectivity index (χ1) is 12.3. The number of benzene rings is 1. The van der Waals surface area contributed by atoms with Gasteiger partial charge in [-0.2, -0.15) is 0 Å². The predicted molar refractivity (Wildman–Crippen MR) is 106 cm³/mol. The van der Waals surface area contributed by atoms with E-state index in [4.69, 9.17) is 11.6 Å². The lowest BCUT2D eigenvalue weighted by Crippen LogP contribution is -2.19. The molecule has 2 aromatic heterocycles. The van der Waals surface area contributed by atoms with Crippen molar-refractivity contribution in [1.82, 2.24) is 9.97 Å². The minimum atomic E-state index is -1.10. The molecule has 0 fully saturated rings. The average Bonchev–Trinajstić information content (AvgIpc) is 2.62. The number of hydrogen-bond acceptors (Lipinski definition) is 4. The van der Waals surface area contributed by atoms with Crippen LogP contribution in [0.1, 0.15) is 55.0 Å². The molecule has 0 saturated heterocycles. The molecule has 3 rings (SSSR count). The van der Waals surface area contributed by atoms with Gasteiger partial charge < -0.3 is 5.11 Å². The molecule has 0 unspecified atom stereocenters. The Morgan fingerprint density at radius 2 is 1.88 bits per heavy atom. The van der Waals surface area contributed by atoms with Crippen molar-refractivity contribution in [2.75, 3.05) is 0 Å². The van der Waals surface area contributed by atoms with E-state index in [-0.39, 0.29) is 0 Å². The lowest BCUT2D eigenvalue weighted by molar-refractivity contribution is 0.0736. The number of carbonyl (C=O) groups excluding carboxylic acids is 1. The molecule has 0 aliphatic carbocycles. The van der Waals surface area contributed by atoms with Gasteiger partial charge in [0.25, 0.3) is 0 Å². The van der Waals surface area contributed by atoms with Crippen LogP contribution < -0.4 is 0 Å². The highest BCUT2D eigenvalue weighted by Gasteiger charge is 2.19. The highest BCUT2D eigenvalue weighted by atomic mass is 35.5. The molecule has 1 aromatic carbocycles. The molecule has 26 heavy (non-hydrogen) atoms. The van der Waals surface area contributed by atoms with E-state index in [9.17, 15) is 9.90 Å². The topological polar surface area (TPSA) is 63.1 Å². The van der Waals surface area contributed by atoms with Crippen LogP contribution in [-0.2, 0) is 12.0 Å². The van der Waals surface area contributed by atoms with Crippen LogP contribution in [0.15, 0.2) is 42.6 Å². The van der Waals surface area contributed by atoms with Gasteiger partial charge in [-0.15, -0.1) is 0 Å². The average molecular weight is 371 g/mol. The van der Waals surface area contributed by atoms with E-state index < -0.39 is 5.60 Å². The summed E-state index contributed by atoms with van der Waals surface area (Å²) in [5, 5.41) is 11.7. The van der Waals surface area contributed by atoms with Crippen molar-refractivity contribution in [3.05, 3.63) is 70.1 Å². The van der Waals surface area contributed by atoms with Gasteiger partial charge in [0.05, 0.1) is 16.2 Å². The number of nitrogens with zero attached hydrogens (tertiary/aromatic N) is 2. The summed E-state index contributed by atoms with van der Waals surface area (Å²) in [5.41, 5.74) is 2.51. The number of rotatable bonds is 4. The number of hydrogen-bond donors (Lipinski definition) is 1. The number of aliphatic hydroxyl groups is 1. The molecule has 0 aliphatic heterocycles. The summed E-state index contributed by atoms with van der Waals surface area (Å²) >= 11 is 6.00. The van der Waals surface area contributed by atoms with Gasteiger partial charge in [-0.05, 0) is 49.7 Å². The first-order valence-corrected chi connectivity index (χ1v) is 8.96. The number of aldehydes is 1. The normalized spacial score (nSPS) is 11.0. The summed E-state index contributed by atoms with van der Waals surface area (Å²) in [5.74, 6) is 0. The number of aromatic nitrogens is 2. The maximum Gasteiger partial charge on any atom is 0.150 e. The monoisotopic (exact) mass is 370 g/mol. The highest BCUT2D eigenvalue weighted by Crippen LogP contribution is 2.22. The lowest BCUT2D eigenvalue weighted by Gasteiger charge is -2.18. The molecule has 0 bridgehead atoms. The summed E-state index contributed by atoms with van der Waals surface area (Å²) in [4.78, 5) is 19.9. The van der Waals surface area contributed by atoms with Crippen molar-refractivity contribution in [3.8, 4) is 0 Å². The minimum Gasteiger partial charge on any atom is -0.384 e. The van der Waals surface area contributed by atoms with Gasteiger partial charge in [-0.3, -0.25) is 14.8 Å². The molecule has 0 radical (unpaired) electrons. The van der Waals surface area contributed by atoms with E-state index in [1.807, 2.05) is 38.1 Å². The Balaban J connectivity index is 0.00000117. The van der Waals surface area contributed by atoms with Crippen LogP contribution in [0.5, 0.6) is 0 Å². The fraction of sp³-hybridized carbons (Fsp3) is 0.286. The summed E-state index contributed by atoms with van der Waals surface area (Å²) in [6.07, 6.45) is 2.94. The van der Waals surface area contributed by atoms with E-state index in [0.717, 1.165) is 28.4 Å². The van der Waals surface area contributed by atoms with Crippen LogP contribution >= 0.6 is 11.6 Å². The molecule has 1 N–H and O–H groups in total. The van der Waals surface area contributed by atoms with Crippen LogP contribution in [0, 0.1) is 0 Å². The van der Waals surface area contributed by atoms with Crippen molar-refractivity contribution >= 4 is 28.8 Å². The lowest BCUT2D eigenvalue weighted by atomic mass is 10.00. The highest BCUT2D eigenvalue weighted by molar-refractivity contribution is 6.31. The largest absolute Gasteiger partial charge is 0.384 e. The third-order valence-electron chi connectivity index (χ3n) is 3.76. The molecular formula is C21H23ClN2O2. The van der Waals surface area contributed by atoms with Gasteiger partial charge in [0, 0.05) is 29.3 Å². The van der Waals surface area contributed by atoms with Gasteiger partial charge in [-0.1, -0.05) is 31.5 Å². The van der Waals surface area contributed by atoms with E-state index in [1.165, 1.54) is 0 Å². The van der Waals surface area contributed by atoms with Crippen LogP contribution in [0.2, 0.25) is 5.02 Å². The second-order valence-electron chi connectivity index (χ2n) is 6.31. The SMILES string of the molecule is CC.CC(C)(O)c1cc(C=O)cc(Cc2ccc3ncc(Cl)cc3c2)n1. The van der Waals surface area contributed by atoms with E-state index in [1.54, 1.807) is 32.2 Å². The van der Waals surface area contributed by atoms with E-state index in [0.29, 0.717) is 22.7 Å². The number of fused-ring (bicyclic) bond motifs is 1.